The lowest BCUT2D eigenvalue weighted by molar-refractivity contribution is -0.132. The lowest BCUT2D eigenvalue weighted by Gasteiger charge is -2.23. The van der Waals surface area contributed by atoms with Crippen molar-refractivity contribution in [2.24, 2.45) is 11.8 Å². The van der Waals surface area contributed by atoms with Gasteiger partial charge in [0.2, 0.25) is 0 Å². The van der Waals surface area contributed by atoms with Crippen molar-refractivity contribution in [2.75, 3.05) is 44.8 Å². The molecule has 0 aliphatic carbocycles. The number of hydrogen-bond acceptors (Lipinski definition) is 6. The molecule has 0 bridgehead atoms. The quantitative estimate of drug-likeness (QED) is 0.755. The molecule has 160 valence electrons. The van der Waals surface area contributed by atoms with Crippen LogP contribution in [0.4, 0.5) is 5.82 Å². The zero-order valence-corrected chi connectivity index (χ0v) is 18.2. The molecule has 2 atom stereocenters. The van der Waals surface area contributed by atoms with E-state index in [2.05, 4.69) is 48.0 Å². The number of carbonyl (C=O) groups excluding carboxylic acids is 1. The highest BCUT2D eigenvalue weighted by Crippen LogP contribution is 2.33. The lowest BCUT2D eigenvalue weighted by Crippen LogP contribution is -2.36. The van der Waals surface area contributed by atoms with Crippen LogP contribution in [0, 0.1) is 11.8 Å². The molecular formula is C23H30N4O3. The van der Waals surface area contributed by atoms with Crippen molar-refractivity contribution in [3.63, 3.8) is 0 Å². The number of fused-ring (bicyclic) bond motifs is 1. The van der Waals surface area contributed by atoms with Crippen LogP contribution >= 0.6 is 0 Å². The van der Waals surface area contributed by atoms with Crippen LogP contribution in [0.2, 0.25) is 0 Å². The zero-order chi connectivity index (χ0) is 21.3. The Bertz CT molecular complexity index is 880. The summed E-state index contributed by atoms with van der Waals surface area (Å²) >= 11 is 0. The van der Waals surface area contributed by atoms with Gasteiger partial charge >= 0.3 is 0 Å². The third-order valence-electron chi connectivity index (χ3n) is 5.99. The highest BCUT2D eigenvalue weighted by Gasteiger charge is 2.42. The van der Waals surface area contributed by atoms with E-state index in [4.69, 9.17) is 9.47 Å². The van der Waals surface area contributed by atoms with E-state index in [1.165, 1.54) is 0 Å². The minimum Gasteiger partial charge on any atom is -0.497 e. The molecule has 0 saturated carbocycles. The largest absolute Gasteiger partial charge is 0.497 e. The predicted octanol–water partition coefficient (Wildman–Crippen LogP) is 2.76. The molecule has 2 saturated heterocycles. The second-order valence-electron chi connectivity index (χ2n) is 9.22. The molecule has 1 aromatic heterocycles. The van der Waals surface area contributed by atoms with E-state index in [1.54, 1.807) is 13.2 Å². The van der Waals surface area contributed by atoms with Crippen LogP contribution in [-0.2, 0) is 10.2 Å². The zero-order valence-electron chi connectivity index (χ0n) is 18.2. The van der Waals surface area contributed by atoms with Gasteiger partial charge in [-0.3, -0.25) is 4.79 Å². The van der Waals surface area contributed by atoms with Crippen LogP contribution < -0.4 is 14.4 Å². The van der Waals surface area contributed by atoms with Crippen LogP contribution in [0.5, 0.6) is 11.5 Å². The van der Waals surface area contributed by atoms with Crippen molar-refractivity contribution < 1.29 is 14.3 Å². The molecule has 4 rings (SSSR count). The molecule has 1 aromatic carbocycles. The molecule has 2 aliphatic heterocycles. The Morgan fingerprint density at radius 1 is 1.03 bits per heavy atom. The van der Waals surface area contributed by atoms with E-state index in [-0.39, 0.29) is 17.9 Å². The molecule has 2 aliphatic rings. The van der Waals surface area contributed by atoms with E-state index in [1.807, 2.05) is 23.1 Å². The first-order valence-corrected chi connectivity index (χ1v) is 10.5. The Morgan fingerprint density at radius 2 is 1.73 bits per heavy atom. The fourth-order valence-corrected chi connectivity index (χ4v) is 4.21. The summed E-state index contributed by atoms with van der Waals surface area (Å²) in [5, 5.41) is 8.87. The summed E-state index contributed by atoms with van der Waals surface area (Å²) in [6.07, 6.45) is 0. The van der Waals surface area contributed by atoms with Crippen molar-refractivity contribution in [1.82, 2.24) is 15.1 Å². The number of rotatable bonds is 5. The van der Waals surface area contributed by atoms with E-state index in [0.717, 1.165) is 43.4 Å². The Balaban J connectivity index is 1.29. The summed E-state index contributed by atoms with van der Waals surface area (Å²) < 4.78 is 10.9. The maximum atomic E-state index is 12.6. The van der Waals surface area contributed by atoms with Crippen molar-refractivity contribution in [3.8, 4) is 11.5 Å². The van der Waals surface area contributed by atoms with Crippen LogP contribution in [0.15, 0.2) is 36.4 Å². The predicted molar refractivity (Wildman–Crippen MR) is 115 cm³/mol. The third-order valence-corrected chi connectivity index (χ3v) is 5.99. The van der Waals surface area contributed by atoms with Gasteiger partial charge in [0.05, 0.1) is 12.8 Å². The summed E-state index contributed by atoms with van der Waals surface area (Å²) in [5.41, 5.74) is 0.999. The first kappa shape index (κ1) is 20.4. The summed E-state index contributed by atoms with van der Waals surface area (Å²) in [6, 6.07) is 11.5. The summed E-state index contributed by atoms with van der Waals surface area (Å²) in [4.78, 5) is 16.8. The number of benzene rings is 1. The average molecular weight is 411 g/mol. The summed E-state index contributed by atoms with van der Waals surface area (Å²) in [5.74, 6) is 3.26. The molecule has 7 nitrogen and oxygen atoms in total. The van der Waals surface area contributed by atoms with Crippen molar-refractivity contribution in [1.29, 1.82) is 0 Å². The molecule has 0 N–H and O–H groups in total. The second kappa shape index (κ2) is 8.13. The maximum Gasteiger partial charge on any atom is 0.260 e. The first-order valence-electron chi connectivity index (χ1n) is 10.5. The molecule has 3 heterocycles. The first-order chi connectivity index (χ1) is 14.3. The lowest BCUT2D eigenvalue weighted by atomic mass is 9.92. The van der Waals surface area contributed by atoms with E-state index in [0.29, 0.717) is 17.6 Å². The van der Waals surface area contributed by atoms with Gasteiger partial charge in [0.25, 0.3) is 5.91 Å². The average Bonchev–Trinajstić information content (AvgIpc) is 3.31. The van der Waals surface area contributed by atoms with Crippen molar-refractivity contribution in [2.45, 2.75) is 26.2 Å². The molecule has 1 amide bonds. The number of likely N-dealkylation sites (tertiary alicyclic amines) is 1. The Kier molecular flexibility index (Phi) is 5.54. The van der Waals surface area contributed by atoms with Gasteiger partial charge in [0, 0.05) is 49.5 Å². The van der Waals surface area contributed by atoms with Crippen LogP contribution in [0.1, 0.15) is 26.5 Å². The van der Waals surface area contributed by atoms with Crippen LogP contribution in [-0.4, -0.2) is 60.9 Å². The molecule has 2 fully saturated rings. The Labute approximate surface area is 178 Å². The van der Waals surface area contributed by atoms with E-state index >= 15 is 0 Å². The molecule has 2 unspecified atom stereocenters. The summed E-state index contributed by atoms with van der Waals surface area (Å²) in [7, 11) is 1.61. The van der Waals surface area contributed by atoms with E-state index < -0.39 is 0 Å². The second-order valence-corrected chi connectivity index (χ2v) is 9.22. The molecule has 2 aromatic rings. The monoisotopic (exact) mass is 410 g/mol. The molecule has 0 radical (unpaired) electrons. The number of anilines is 1. The highest BCUT2D eigenvalue weighted by molar-refractivity contribution is 5.78. The number of nitrogens with zero attached hydrogens (tertiary/aromatic N) is 4. The van der Waals surface area contributed by atoms with Gasteiger partial charge in [-0.05, 0) is 24.3 Å². The standard InChI is InChI=1S/C23H30N4O3/c1-23(2,3)20-8-9-21(25-24-20)26-11-16-13-27(14-17(16)12-26)22(28)15-30-19-7-5-6-18(10-19)29-4/h5-10,16-17H,11-15H2,1-4H3. The molecule has 0 spiro atoms. The van der Waals surface area contributed by atoms with Crippen LogP contribution in [0.3, 0.4) is 0 Å². The summed E-state index contributed by atoms with van der Waals surface area (Å²) in [6.45, 7) is 9.84. The highest BCUT2D eigenvalue weighted by atomic mass is 16.5. The normalized spacial score (nSPS) is 20.9. The molecular weight excluding hydrogens is 380 g/mol. The fraction of sp³-hybridized carbons (Fsp3) is 0.522. The number of methoxy groups -OCH3 is 1. The third kappa shape index (κ3) is 4.35. The molecule has 30 heavy (non-hydrogen) atoms. The van der Waals surface area contributed by atoms with Gasteiger partial charge < -0.3 is 19.3 Å². The fourth-order valence-electron chi connectivity index (χ4n) is 4.21. The molecule has 7 heteroatoms. The minimum atomic E-state index is 0.000855. The number of hydrogen-bond donors (Lipinski definition) is 0. The smallest absolute Gasteiger partial charge is 0.260 e. The van der Waals surface area contributed by atoms with Gasteiger partial charge in [0.15, 0.2) is 12.4 Å². The Morgan fingerprint density at radius 3 is 2.33 bits per heavy atom. The van der Waals surface area contributed by atoms with Gasteiger partial charge in [-0.15, -0.1) is 5.10 Å². The number of aromatic nitrogens is 2. The topological polar surface area (TPSA) is 67.8 Å². The Hall–Kier alpha value is -2.83. The number of carbonyl (C=O) groups is 1. The number of amides is 1. The van der Waals surface area contributed by atoms with Crippen LogP contribution in [0.25, 0.3) is 0 Å². The van der Waals surface area contributed by atoms with Crippen molar-refractivity contribution in [3.05, 3.63) is 42.1 Å². The van der Waals surface area contributed by atoms with Gasteiger partial charge in [-0.2, -0.15) is 5.10 Å². The van der Waals surface area contributed by atoms with Gasteiger partial charge in [-0.25, -0.2) is 0 Å². The minimum absolute atomic E-state index is 0.000855. The SMILES string of the molecule is COc1cccc(OCC(=O)N2CC3CN(c4ccc(C(C)(C)C)nn4)CC3C2)c1. The number of ether oxygens (including phenoxy) is 2. The van der Waals surface area contributed by atoms with E-state index in [9.17, 15) is 4.79 Å². The van der Waals surface area contributed by atoms with Crippen molar-refractivity contribution >= 4 is 11.7 Å². The van der Waals surface area contributed by atoms with Gasteiger partial charge in [0.1, 0.15) is 11.5 Å². The van der Waals surface area contributed by atoms with Gasteiger partial charge in [-0.1, -0.05) is 26.8 Å². The maximum absolute atomic E-state index is 12.6.